The van der Waals surface area contributed by atoms with Gasteiger partial charge in [-0.15, -0.1) is 0 Å². The van der Waals surface area contributed by atoms with E-state index in [1.807, 2.05) is 6.92 Å². The minimum absolute atomic E-state index is 0.212. The van der Waals surface area contributed by atoms with Crippen molar-refractivity contribution in [2.75, 3.05) is 5.73 Å². The summed E-state index contributed by atoms with van der Waals surface area (Å²) >= 11 is 11.8. The Morgan fingerprint density at radius 1 is 1.35 bits per heavy atom. The molecule has 0 aliphatic heterocycles. The summed E-state index contributed by atoms with van der Waals surface area (Å²) in [5.74, 6) is -0.0167. The molecule has 0 saturated carbocycles. The molecule has 1 heterocycles. The highest BCUT2D eigenvalue weighted by molar-refractivity contribution is 6.32. The summed E-state index contributed by atoms with van der Waals surface area (Å²) < 4.78 is 14.5. The van der Waals surface area contributed by atoms with Gasteiger partial charge in [-0.2, -0.15) is 5.10 Å². The Hall–Kier alpha value is -1.26. The lowest BCUT2D eigenvalue weighted by Gasteiger charge is -2.15. The van der Waals surface area contributed by atoms with Crippen LogP contribution in [0.25, 0.3) is 0 Å². The Labute approximate surface area is 108 Å². The topological polar surface area (TPSA) is 43.8 Å². The lowest BCUT2D eigenvalue weighted by atomic mass is 10.1. The molecule has 0 radical (unpaired) electrons. The number of nitrogen functional groups attached to an aromatic ring is 1. The monoisotopic (exact) mass is 273 g/mol. The molecule has 1 atom stereocenters. The Morgan fingerprint density at radius 3 is 2.59 bits per heavy atom. The van der Waals surface area contributed by atoms with E-state index in [4.69, 9.17) is 28.9 Å². The Morgan fingerprint density at radius 2 is 2.06 bits per heavy atom. The molecule has 17 heavy (non-hydrogen) atoms. The fourth-order valence-electron chi connectivity index (χ4n) is 1.63. The zero-order valence-corrected chi connectivity index (χ0v) is 10.5. The lowest BCUT2D eigenvalue weighted by molar-refractivity contribution is 0.569. The summed E-state index contributed by atoms with van der Waals surface area (Å²) in [4.78, 5) is 0. The van der Waals surface area contributed by atoms with Crippen LogP contribution in [-0.4, -0.2) is 9.78 Å². The summed E-state index contributed by atoms with van der Waals surface area (Å²) in [5.41, 5.74) is 6.51. The molecule has 3 nitrogen and oxygen atoms in total. The van der Waals surface area contributed by atoms with Gasteiger partial charge in [-0.05, 0) is 24.6 Å². The molecular weight excluding hydrogens is 264 g/mol. The van der Waals surface area contributed by atoms with Gasteiger partial charge in [0.25, 0.3) is 0 Å². The zero-order chi connectivity index (χ0) is 12.6. The first-order valence-electron chi connectivity index (χ1n) is 4.94. The van der Waals surface area contributed by atoms with Crippen molar-refractivity contribution in [3.8, 4) is 0 Å². The van der Waals surface area contributed by atoms with Crippen molar-refractivity contribution >= 4 is 29.0 Å². The maximum absolute atomic E-state index is 12.9. The Bertz CT molecular complexity index is 554. The first-order chi connectivity index (χ1) is 8.00. The van der Waals surface area contributed by atoms with Gasteiger partial charge in [-0.25, -0.2) is 9.07 Å². The summed E-state index contributed by atoms with van der Waals surface area (Å²) in [6.07, 6.45) is 1.46. The maximum Gasteiger partial charge on any atom is 0.141 e. The Kier molecular flexibility index (Phi) is 3.26. The summed E-state index contributed by atoms with van der Waals surface area (Å²) in [6.45, 7) is 1.86. The molecule has 2 N–H and O–H groups in total. The number of hydrogen-bond donors (Lipinski definition) is 1. The molecule has 2 aromatic rings. The summed E-state index contributed by atoms with van der Waals surface area (Å²) in [5, 5.41) is 4.78. The van der Waals surface area contributed by atoms with Crippen LogP contribution in [0, 0.1) is 5.82 Å². The quantitative estimate of drug-likeness (QED) is 0.910. The van der Waals surface area contributed by atoms with Crippen LogP contribution < -0.4 is 5.73 Å². The lowest BCUT2D eigenvalue weighted by Crippen LogP contribution is -2.12. The van der Waals surface area contributed by atoms with E-state index in [-0.39, 0.29) is 11.9 Å². The van der Waals surface area contributed by atoms with Gasteiger partial charge in [0.2, 0.25) is 0 Å². The van der Waals surface area contributed by atoms with Crippen molar-refractivity contribution in [1.82, 2.24) is 9.78 Å². The largest absolute Gasteiger partial charge is 0.383 e. The number of halogens is 3. The fraction of sp³-hybridized carbons (Fsp3) is 0.182. The van der Waals surface area contributed by atoms with Gasteiger partial charge in [0.15, 0.2) is 0 Å². The van der Waals surface area contributed by atoms with E-state index >= 15 is 0 Å². The summed E-state index contributed by atoms with van der Waals surface area (Å²) in [7, 11) is 0. The van der Waals surface area contributed by atoms with Crippen LogP contribution in [0.2, 0.25) is 10.0 Å². The van der Waals surface area contributed by atoms with E-state index in [2.05, 4.69) is 5.10 Å². The number of rotatable bonds is 2. The number of benzene rings is 1. The predicted octanol–water partition coefficient (Wildman–Crippen LogP) is 3.52. The smallest absolute Gasteiger partial charge is 0.141 e. The predicted molar refractivity (Wildman–Crippen MR) is 66.9 cm³/mol. The minimum Gasteiger partial charge on any atom is -0.383 e. The van der Waals surface area contributed by atoms with Crippen molar-refractivity contribution in [2.45, 2.75) is 13.0 Å². The van der Waals surface area contributed by atoms with Gasteiger partial charge >= 0.3 is 0 Å². The second-order valence-corrected chi connectivity index (χ2v) is 4.48. The molecule has 90 valence electrons. The molecular formula is C11H10Cl2FN3. The van der Waals surface area contributed by atoms with Crippen LogP contribution in [0.15, 0.2) is 24.4 Å². The summed E-state index contributed by atoms with van der Waals surface area (Å²) in [6, 6.07) is 4.00. The molecule has 0 aliphatic rings. The zero-order valence-electron chi connectivity index (χ0n) is 8.99. The van der Waals surface area contributed by atoms with Crippen molar-refractivity contribution in [1.29, 1.82) is 0 Å². The highest BCUT2D eigenvalue weighted by Crippen LogP contribution is 2.29. The van der Waals surface area contributed by atoms with Crippen LogP contribution in [-0.2, 0) is 0 Å². The molecule has 0 fully saturated rings. The third kappa shape index (κ3) is 2.23. The average molecular weight is 274 g/mol. The SMILES string of the molecule is CC(c1ccc(F)cc1Cl)n1ncc(Cl)c1N. The first kappa shape index (κ1) is 12.2. The van der Waals surface area contributed by atoms with Gasteiger partial charge in [-0.3, -0.25) is 0 Å². The van der Waals surface area contributed by atoms with Crippen LogP contribution in [0.4, 0.5) is 10.2 Å². The van der Waals surface area contributed by atoms with E-state index in [1.165, 1.54) is 18.3 Å². The standard InChI is InChI=1S/C11H10Cl2FN3/c1-6(17-11(15)10(13)5-16-17)8-3-2-7(14)4-9(8)12/h2-6H,15H2,1H3. The number of nitrogens with zero attached hydrogens (tertiary/aromatic N) is 2. The number of anilines is 1. The molecule has 0 spiro atoms. The van der Waals surface area contributed by atoms with E-state index in [1.54, 1.807) is 10.7 Å². The maximum atomic E-state index is 12.9. The number of aromatic nitrogens is 2. The second-order valence-electron chi connectivity index (χ2n) is 3.66. The highest BCUT2D eigenvalue weighted by Gasteiger charge is 2.16. The van der Waals surface area contributed by atoms with Crippen molar-refractivity contribution in [3.63, 3.8) is 0 Å². The third-order valence-electron chi connectivity index (χ3n) is 2.57. The van der Waals surface area contributed by atoms with Crippen LogP contribution >= 0.6 is 23.2 Å². The van der Waals surface area contributed by atoms with Crippen LogP contribution in [0.1, 0.15) is 18.5 Å². The fourth-order valence-corrected chi connectivity index (χ4v) is 2.09. The minimum atomic E-state index is -0.377. The third-order valence-corrected chi connectivity index (χ3v) is 3.18. The van der Waals surface area contributed by atoms with Gasteiger partial charge < -0.3 is 5.73 Å². The molecule has 0 aliphatic carbocycles. The average Bonchev–Trinajstić information content (AvgIpc) is 2.59. The highest BCUT2D eigenvalue weighted by atomic mass is 35.5. The van der Waals surface area contributed by atoms with Crippen LogP contribution in [0.3, 0.4) is 0 Å². The van der Waals surface area contributed by atoms with E-state index < -0.39 is 0 Å². The molecule has 1 aromatic heterocycles. The number of nitrogens with two attached hydrogens (primary N) is 1. The molecule has 1 unspecified atom stereocenters. The van der Waals surface area contributed by atoms with Crippen molar-refractivity contribution in [2.24, 2.45) is 0 Å². The molecule has 1 aromatic carbocycles. The molecule has 6 heteroatoms. The van der Waals surface area contributed by atoms with E-state index in [0.29, 0.717) is 15.9 Å². The first-order valence-corrected chi connectivity index (χ1v) is 5.69. The Balaban J connectivity index is 2.43. The van der Waals surface area contributed by atoms with Crippen molar-refractivity contribution < 1.29 is 4.39 Å². The molecule has 0 amide bonds. The van der Waals surface area contributed by atoms with E-state index in [9.17, 15) is 4.39 Å². The van der Waals surface area contributed by atoms with Gasteiger partial charge in [-0.1, -0.05) is 29.3 Å². The van der Waals surface area contributed by atoms with Crippen molar-refractivity contribution in [3.05, 3.63) is 45.8 Å². The van der Waals surface area contributed by atoms with Crippen LogP contribution in [0.5, 0.6) is 0 Å². The van der Waals surface area contributed by atoms with E-state index in [0.717, 1.165) is 5.56 Å². The van der Waals surface area contributed by atoms with Gasteiger partial charge in [0.1, 0.15) is 16.7 Å². The molecule has 0 saturated heterocycles. The normalized spacial score (nSPS) is 12.7. The molecule has 2 rings (SSSR count). The number of hydrogen-bond acceptors (Lipinski definition) is 2. The van der Waals surface area contributed by atoms with Gasteiger partial charge in [0.05, 0.1) is 12.2 Å². The second kappa shape index (κ2) is 4.55. The van der Waals surface area contributed by atoms with Gasteiger partial charge in [0, 0.05) is 5.02 Å². The molecule has 0 bridgehead atoms.